The number of carbonyl (C=O) groups excluding carboxylic acids is 1. The fourth-order valence-corrected chi connectivity index (χ4v) is 1.14. The standard InChI is InChI=1S/C11H16N2O2/c1-9(2)3-6-12-11(14)10-4-7-13(15)8-5-10/h4-5,7-9H,3,6H2,1-2H3,(H,12,14). The van der Waals surface area contributed by atoms with Crippen molar-refractivity contribution in [2.24, 2.45) is 5.92 Å². The van der Waals surface area contributed by atoms with Crippen molar-refractivity contribution in [3.8, 4) is 0 Å². The van der Waals surface area contributed by atoms with Crippen LogP contribution in [-0.2, 0) is 0 Å². The Morgan fingerprint density at radius 1 is 1.47 bits per heavy atom. The summed E-state index contributed by atoms with van der Waals surface area (Å²) in [5.41, 5.74) is 0.519. The molecule has 0 atom stereocenters. The molecule has 0 aromatic carbocycles. The lowest BCUT2D eigenvalue weighted by molar-refractivity contribution is -0.605. The third-order valence-electron chi connectivity index (χ3n) is 2.07. The van der Waals surface area contributed by atoms with Gasteiger partial charge in [0, 0.05) is 18.7 Å². The molecule has 1 N–H and O–H groups in total. The van der Waals surface area contributed by atoms with Gasteiger partial charge < -0.3 is 10.5 Å². The van der Waals surface area contributed by atoms with Crippen LogP contribution >= 0.6 is 0 Å². The molecular formula is C11H16N2O2. The van der Waals surface area contributed by atoms with E-state index in [4.69, 9.17) is 0 Å². The number of aromatic nitrogens is 1. The predicted molar refractivity (Wildman–Crippen MR) is 57.2 cm³/mol. The van der Waals surface area contributed by atoms with Crippen LogP contribution in [0.2, 0.25) is 0 Å². The molecule has 1 aromatic heterocycles. The number of carbonyl (C=O) groups is 1. The molecule has 4 heteroatoms. The van der Waals surface area contributed by atoms with Gasteiger partial charge in [-0.05, 0) is 12.3 Å². The van der Waals surface area contributed by atoms with Crippen molar-refractivity contribution in [3.05, 3.63) is 35.3 Å². The van der Waals surface area contributed by atoms with Gasteiger partial charge in [0.2, 0.25) is 0 Å². The van der Waals surface area contributed by atoms with Crippen LogP contribution in [0.1, 0.15) is 30.6 Å². The molecule has 15 heavy (non-hydrogen) atoms. The number of nitrogens with zero attached hydrogens (tertiary/aromatic N) is 1. The van der Waals surface area contributed by atoms with Gasteiger partial charge in [-0.15, -0.1) is 0 Å². The Kier molecular flexibility index (Phi) is 4.09. The van der Waals surface area contributed by atoms with E-state index in [1.54, 1.807) is 0 Å². The topological polar surface area (TPSA) is 56.0 Å². The Bertz CT molecular complexity index is 320. The Morgan fingerprint density at radius 2 is 2.07 bits per heavy atom. The van der Waals surface area contributed by atoms with Crippen molar-refractivity contribution in [1.29, 1.82) is 0 Å². The van der Waals surface area contributed by atoms with Crippen molar-refractivity contribution in [2.45, 2.75) is 20.3 Å². The molecule has 0 bridgehead atoms. The summed E-state index contributed by atoms with van der Waals surface area (Å²) in [6.07, 6.45) is 3.59. The summed E-state index contributed by atoms with van der Waals surface area (Å²) in [6.45, 7) is 4.88. The maximum absolute atomic E-state index is 11.5. The Morgan fingerprint density at radius 3 is 2.60 bits per heavy atom. The highest BCUT2D eigenvalue weighted by molar-refractivity contribution is 5.93. The highest BCUT2D eigenvalue weighted by atomic mass is 16.5. The summed E-state index contributed by atoms with van der Waals surface area (Å²) in [4.78, 5) is 11.5. The molecule has 0 spiro atoms. The predicted octanol–water partition coefficient (Wildman–Crippen LogP) is 1.10. The molecule has 0 aliphatic heterocycles. The summed E-state index contributed by atoms with van der Waals surface area (Å²) in [6, 6.07) is 3.02. The van der Waals surface area contributed by atoms with Crippen LogP contribution in [-0.4, -0.2) is 12.5 Å². The summed E-state index contributed by atoms with van der Waals surface area (Å²) < 4.78 is 0.658. The van der Waals surface area contributed by atoms with Crippen LogP contribution < -0.4 is 10.0 Å². The number of pyridine rings is 1. The largest absolute Gasteiger partial charge is 0.619 e. The highest BCUT2D eigenvalue weighted by Gasteiger charge is 2.05. The first-order chi connectivity index (χ1) is 7.09. The van der Waals surface area contributed by atoms with E-state index in [-0.39, 0.29) is 5.91 Å². The minimum atomic E-state index is -0.128. The van der Waals surface area contributed by atoms with E-state index < -0.39 is 0 Å². The molecule has 0 radical (unpaired) electrons. The Balaban J connectivity index is 2.43. The van der Waals surface area contributed by atoms with Gasteiger partial charge in [0.25, 0.3) is 5.91 Å². The Labute approximate surface area is 89.5 Å². The minimum Gasteiger partial charge on any atom is -0.619 e. The fourth-order valence-electron chi connectivity index (χ4n) is 1.14. The van der Waals surface area contributed by atoms with Crippen LogP contribution in [0.4, 0.5) is 0 Å². The summed E-state index contributed by atoms with van der Waals surface area (Å²) >= 11 is 0. The highest BCUT2D eigenvalue weighted by Crippen LogP contribution is 1.98. The van der Waals surface area contributed by atoms with E-state index in [0.29, 0.717) is 22.8 Å². The number of hydrogen-bond acceptors (Lipinski definition) is 2. The van der Waals surface area contributed by atoms with Crippen molar-refractivity contribution in [3.63, 3.8) is 0 Å². The maximum atomic E-state index is 11.5. The molecule has 82 valence electrons. The molecule has 0 aliphatic rings. The second-order valence-electron chi connectivity index (χ2n) is 3.89. The lowest BCUT2D eigenvalue weighted by Gasteiger charge is -2.06. The van der Waals surface area contributed by atoms with Gasteiger partial charge in [0.05, 0.1) is 5.56 Å². The number of nitrogens with one attached hydrogen (secondary N) is 1. The first-order valence-corrected chi connectivity index (χ1v) is 5.06. The number of rotatable bonds is 4. The van der Waals surface area contributed by atoms with Crippen LogP contribution in [0.15, 0.2) is 24.5 Å². The second kappa shape index (κ2) is 5.34. The molecule has 1 heterocycles. The molecule has 4 nitrogen and oxygen atoms in total. The zero-order valence-corrected chi connectivity index (χ0v) is 9.06. The minimum absolute atomic E-state index is 0.128. The normalized spacial score (nSPS) is 10.3. The van der Waals surface area contributed by atoms with E-state index >= 15 is 0 Å². The van der Waals surface area contributed by atoms with Crippen LogP contribution in [0.25, 0.3) is 0 Å². The third-order valence-corrected chi connectivity index (χ3v) is 2.07. The average molecular weight is 208 g/mol. The molecule has 1 rings (SSSR count). The summed E-state index contributed by atoms with van der Waals surface area (Å²) in [7, 11) is 0. The molecule has 0 saturated carbocycles. The van der Waals surface area contributed by atoms with E-state index in [1.165, 1.54) is 24.5 Å². The van der Waals surface area contributed by atoms with E-state index in [2.05, 4.69) is 19.2 Å². The first-order valence-electron chi connectivity index (χ1n) is 5.06. The summed E-state index contributed by atoms with van der Waals surface area (Å²) in [5, 5.41) is 13.5. The molecule has 0 aliphatic carbocycles. The molecule has 1 aromatic rings. The lowest BCUT2D eigenvalue weighted by Crippen LogP contribution is -2.28. The van der Waals surface area contributed by atoms with Crippen LogP contribution in [0, 0.1) is 11.1 Å². The number of amides is 1. The zero-order valence-electron chi connectivity index (χ0n) is 9.06. The molecule has 1 amide bonds. The van der Waals surface area contributed by atoms with Crippen molar-refractivity contribution in [2.75, 3.05) is 6.54 Å². The molecular weight excluding hydrogens is 192 g/mol. The monoisotopic (exact) mass is 208 g/mol. The van der Waals surface area contributed by atoms with E-state index in [9.17, 15) is 10.0 Å². The second-order valence-corrected chi connectivity index (χ2v) is 3.89. The van der Waals surface area contributed by atoms with Gasteiger partial charge in [0.15, 0.2) is 12.4 Å². The van der Waals surface area contributed by atoms with Gasteiger partial charge in [0.1, 0.15) is 0 Å². The van der Waals surface area contributed by atoms with Gasteiger partial charge in [-0.2, -0.15) is 4.73 Å². The quantitative estimate of drug-likeness (QED) is 0.595. The van der Waals surface area contributed by atoms with Gasteiger partial charge in [-0.3, -0.25) is 4.79 Å². The van der Waals surface area contributed by atoms with Gasteiger partial charge in [-0.1, -0.05) is 13.8 Å². The molecule has 0 saturated heterocycles. The van der Waals surface area contributed by atoms with Gasteiger partial charge >= 0.3 is 0 Å². The first kappa shape index (κ1) is 11.5. The van der Waals surface area contributed by atoms with Gasteiger partial charge in [-0.25, -0.2) is 0 Å². The third kappa shape index (κ3) is 3.97. The van der Waals surface area contributed by atoms with Crippen LogP contribution in [0.5, 0.6) is 0 Å². The SMILES string of the molecule is CC(C)CCNC(=O)c1cc[n+]([O-])cc1. The van der Waals surface area contributed by atoms with Crippen LogP contribution in [0.3, 0.4) is 0 Å². The van der Waals surface area contributed by atoms with Crippen molar-refractivity contribution in [1.82, 2.24) is 5.32 Å². The smallest absolute Gasteiger partial charge is 0.251 e. The molecule has 0 fully saturated rings. The summed E-state index contributed by atoms with van der Waals surface area (Å²) in [5.74, 6) is 0.445. The average Bonchev–Trinajstić information content (AvgIpc) is 2.18. The van der Waals surface area contributed by atoms with E-state index in [0.717, 1.165) is 6.42 Å². The van der Waals surface area contributed by atoms with Crippen molar-refractivity contribution >= 4 is 5.91 Å². The van der Waals surface area contributed by atoms with Crippen molar-refractivity contribution < 1.29 is 9.52 Å². The zero-order chi connectivity index (χ0) is 11.3. The molecule has 0 unspecified atom stereocenters. The fraction of sp³-hybridized carbons (Fsp3) is 0.455. The number of hydrogen-bond donors (Lipinski definition) is 1. The maximum Gasteiger partial charge on any atom is 0.251 e. The lowest BCUT2D eigenvalue weighted by atomic mass is 10.1. The Hall–Kier alpha value is -1.58. The van der Waals surface area contributed by atoms with E-state index in [1.807, 2.05) is 0 Å².